The number of rotatable bonds is 3. The standard InChI is InChI=1S/C14H19BrN2O/c1-11-4-3-7-17(9-11)10-14(18)16-13-6-2-5-12(15)8-13/h2,5-6,8,11H,3-4,7,9-10H2,1H3,(H,16,18)/t11-/m0/s1. The third kappa shape index (κ3) is 4.10. The molecule has 1 aliphatic heterocycles. The molecule has 1 aromatic rings. The van der Waals surface area contributed by atoms with Gasteiger partial charge in [-0.15, -0.1) is 0 Å². The number of anilines is 1. The molecule has 0 saturated carbocycles. The van der Waals surface area contributed by atoms with E-state index in [1.54, 1.807) is 0 Å². The quantitative estimate of drug-likeness (QED) is 0.930. The Labute approximate surface area is 117 Å². The van der Waals surface area contributed by atoms with Crippen LogP contribution in [0.5, 0.6) is 0 Å². The summed E-state index contributed by atoms with van der Waals surface area (Å²) in [6.45, 7) is 4.82. The van der Waals surface area contributed by atoms with Gasteiger partial charge in [-0.25, -0.2) is 0 Å². The van der Waals surface area contributed by atoms with E-state index < -0.39 is 0 Å². The SMILES string of the molecule is C[C@H]1CCCN(CC(=O)Nc2cccc(Br)c2)C1. The van der Waals surface area contributed by atoms with E-state index >= 15 is 0 Å². The molecular formula is C14H19BrN2O. The second-order valence-electron chi connectivity index (χ2n) is 5.04. The molecule has 0 radical (unpaired) electrons. The summed E-state index contributed by atoms with van der Waals surface area (Å²) >= 11 is 3.40. The minimum Gasteiger partial charge on any atom is -0.325 e. The Balaban J connectivity index is 1.85. The highest BCUT2D eigenvalue weighted by Crippen LogP contribution is 2.17. The first-order chi connectivity index (χ1) is 8.63. The highest BCUT2D eigenvalue weighted by Gasteiger charge is 2.18. The van der Waals surface area contributed by atoms with Crippen molar-refractivity contribution >= 4 is 27.5 Å². The number of carbonyl (C=O) groups is 1. The van der Waals surface area contributed by atoms with E-state index in [2.05, 4.69) is 33.1 Å². The van der Waals surface area contributed by atoms with Gasteiger partial charge in [0.25, 0.3) is 0 Å². The van der Waals surface area contributed by atoms with E-state index in [1.165, 1.54) is 12.8 Å². The smallest absolute Gasteiger partial charge is 0.238 e. The van der Waals surface area contributed by atoms with Gasteiger partial charge in [-0.3, -0.25) is 9.69 Å². The lowest BCUT2D eigenvalue weighted by atomic mass is 10.0. The molecule has 18 heavy (non-hydrogen) atoms. The molecule has 0 spiro atoms. The summed E-state index contributed by atoms with van der Waals surface area (Å²) < 4.78 is 0.979. The van der Waals surface area contributed by atoms with E-state index in [4.69, 9.17) is 0 Å². The molecule has 1 aliphatic rings. The normalized spacial score (nSPS) is 20.7. The van der Waals surface area contributed by atoms with Gasteiger partial charge in [0.1, 0.15) is 0 Å². The Morgan fingerprint density at radius 1 is 1.56 bits per heavy atom. The molecule has 1 N–H and O–H groups in total. The summed E-state index contributed by atoms with van der Waals surface area (Å²) in [6, 6.07) is 7.68. The van der Waals surface area contributed by atoms with Crippen LogP contribution in [0.25, 0.3) is 0 Å². The molecule has 1 heterocycles. The molecule has 1 saturated heterocycles. The molecule has 4 heteroatoms. The molecule has 1 fully saturated rings. The van der Waals surface area contributed by atoms with Crippen molar-refractivity contribution in [3.05, 3.63) is 28.7 Å². The van der Waals surface area contributed by atoms with Crippen molar-refractivity contribution in [1.29, 1.82) is 0 Å². The zero-order valence-corrected chi connectivity index (χ0v) is 12.2. The first kappa shape index (κ1) is 13.6. The van der Waals surface area contributed by atoms with Crippen LogP contribution < -0.4 is 5.32 Å². The van der Waals surface area contributed by atoms with Gasteiger partial charge in [0.05, 0.1) is 6.54 Å². The first-order valence-electron chi connectivity index (χ1n) is 6.41. The van der Waals surface area contributed by atoms with Gasteiger partial charge >= 0.3 is 0 Å². The minimum atomic E-state index is 0.0715. The summed E-state index contributed by atoms with van der Waals surface area (Å²) in [5.74, 6) is 0.777. The monoisotopic (exact) mass is 310 g/mol. The van der Waals surface area contributed by atoms with Crippen LogP contribution in [-0.2, 0) is 4.79 Å². The number of likely N-dealkylation sites (tertiary alicyclic amines) is 1. The average molecular weight is 311 g/mol. The van der Waals surface area contributed by atoms with Crippen LogP contribution in [0.1, 0.15) is 19.8 Å². The fourth-order valence-corrected chi connectivity index (χ4v) is 2.80. The van der Waals surface area contributed by atoms with Crippen LogP contribution in [0.4, 0.5) is 5.69 Å². The summed E-state index contributed by atoms with van der Waals surface area (Å²) in [7, 11) is 0. The second-order valence-corrected chi connectivity index (χ2v) is 5.96. The van der Waals surface area contributed by atoms with Crippen LogP contribution in [-0.4, -0.2) is 30.4 Å². The summed E-state index contributed by atoms with van der Waals surface area (Å²) in [5.41, 5.74) is 0.847. The summed E-state index contributed by atoms with van der Waals surface area (Å²) in [6.07, 6.45) is 2.48. The van der Waals surface area contributed by atoms with Crippen molar-refractivity contribution in [1.82, 2.24) is 4.90 Å². The molecule has 0 aliphatic carbocycles. The lowest BCUT2D eigenvalue weighted by Crippen LogP contribution is -2.39. The predicted octanol–water partition coefficient (Wildman–Crippen LogP) is 3.12. The Hall–Kier alpha value is -0.870. The Kier molecular flexibility index (Phi) is 4.78. The molecule has 3 nitrogen and oxygen atoms in total. The number of halogens is 1. The third-order valence-corrected chi connectivity index (χ3v) is 3.71. The number of hydrogen-bond donors (Lipinski definition) is 1. The lowest BCUT2D eigenvalue weighted by Gasteiger charge is -2.30. The number of hydrogen-bond acceptors (Lipinski definition) is 2. The van der Waals surface area contributed by atoms with E-state index in [1.807, 2.05) is 24.3 Å². The molecular weight excluding hydrogens is 292 g/mol. The van der Waals surface area contributed by atoms with Crippen LogP contribution in [0.2, 0.25) is 0 Å². The van der Waals surface area contributed by atoms with Gasteiger partial charge in [-0.1, -0.05) is 28.9 Å². The Bertz CT molecular complexity index is 422. The van der Waals surface area contributed by atoms with Gasteiger partial charge in [0, 0.05) is 16.7 Å². The fraction of sp³-hybridized carbons (Fsp3) is 0.500. The fourth-order valence-electron chi connectivity index (χ4n) is 2.40. The molecule has 0 bridgehead atoms. The van der Waals surface area contributed by atoms with Gasteiger partial charge in [-0.2, -0.15) is 0 Å². The maximum atomic E-state index is 11.9. The molecule has 1 aromatic carbocycles. The first-order valence-corrected chi connectivity index (χ1v) is 7.20. The number of nitrogens with one attached hydrogen (secondary N) is 1. The number of benzene rings is 1. The molecule has 2 rings (SSSR count). The number of nitrogens with zero attached hydrogens (tertiary/aromatic N) is 1. The zero-order valence-electron chi connectivity index (χ0n) is 10.7. The molecule has 0 unspecified atom stereocenters. The van der Waals surface area contributed by atoms with Gasteiger partial charge < -0.3 is 5.32 Å². The molecule has 1 atom stereocenters. The molecule has 98 valence electrons. The van der Waals surface area contributed by atoms with Crippen LogP contribution in [0, 0.1) is 5.92 Å². The van der Waals surface area contributed by atoms with Crippen molar-refractivity contribution in [2.75, 3.05) is 25.0 Å². The van der Waals surface area contributed by atoms with Gasteiger partial charge in [0.2, 0.25) is 5.91 Å². The number of piperidine rings is 1. The van der Waals surface area contributed by atoms with Crippen molar-refractivity contribution in [3.8, 4) is 0 Å². The van der Waals surface area contributed by atoms with Crippen molar-refractivity contribution in [3.63, 3.8) is 0 Å². The number of amides is 1. The summed E-state index contributed by atoms with van der Waals surface area (Å²) in [4.78, 5) is 14.2. The summed E-state index contributed by atoms with van der Waals surface area (Å²) in [5, 5.41) is 2.93. The van der Waals surface area contributed by atoms with Crippen LogP contribution >= 0.6 is 15.9 Å². The van der Waals surface area contributed by atoms with Crippen molar-refractivity contribution in [2.45, 2.75) is 19.8 Å². The average Bonchev–Trinajstić information content (AvgIpc) is 2.28. The van der Waals surface area contributed by atoms with E-state index in [0.29, 0.717) is 12.5 Å². The predicted molar refractivity (Wildman–Crippen MR) is 77.6 cm³/mol. The zero-order chi connectivity index (χ0) is 13.0. The maximum absolute atomic E-state index is 11.9. The third-order valence-electron chi connectivity index (χ3n) is 3.22. The Morgan fingerprint density at radius 2 is 2.39 bits per heavy atom. The van der Waals surface area contributed by atoms with E-state index in [-0.39, 0.29) is 5.91 Å². The van der Waals surface area contributed by atoms with Crippen LogP contribution in [0.3, 0.4) is 0 Å². The molecule has 0 aromatic heterocycles. The van der Waals surface area contributed by atoms with Crippen molar-refractivity contribution in [2.24, 2.45) is 5.92 Å². The van der Waals surface area contributed by atoms with Gasteiger partial charge in [-0.05, 0) is 43.5 Å². The Morgan fingerprint density at radius 3 is 3.11 bits per heavy atom. The van der Waals surface area contributed by atoms with E-state index in [9.17, 15) is 4.79 Å². The minimum absolute atomic E-state index is 0.0715. The highest BCUT2D eigenvalue weighted by atomic mass is 79.9. The topological polar surface area (TPSA) is 32.3 Å². The van der Waals surface area contributed by atoms with Crippen molar-refractivity contribution < 1.29 is 4.79 Å². The lowest BCUT2D eigenvalue weighted by molar-refractivity contribution is -0.117. The van der Waals surface area contributed by atoms with Gasteiger partial charge in [0.15, 0.2) is 0 Å². The van der Waals surface area contributed by atoms with Crippen LogP contribution in [0.15, 0.2) is 28.7 Å². The number of carbonyl (C=O) groups excluding carboxylic acids is 1. The molecule has 1 amide bonds. The van der Waals surface area contributed by atoms with E-state index in [0.717, 1.165) is 23.2 Å². The second kappa shape index (κ2) is 6.34. The largest absolute Gasteiger partial charge is 0.325 e. The highest BCUT2D eigenvalue weighted by molar-refractivity contribution is 9.10. The maximum Gasteiger partial charge on any atom is 0.238 e.